The average Bonchev–Trinajstić information content (AvgIpc) is 3.13. The van der Waals surface area contributed by atoms with Gasteiger partial charge in [0.15, 0.2) is 5.78 Å². The molecule has 0 spiro atoms. The number of imide groups is 1. The van der Waals surface area contributed by atoms with Crippen molar-refractivity contribution in [3.05, 3.63) is 12.2 Å². The van der Waals surface area contributed by atoms with E-state index in [9.17, 15) is 33.6 Å². The first-order valence-corrected chi connectivity index (χ1v) is 11.9. The maximum absolute atomic E-state index is 12.4. The van der Waals surface area contributed by atoms with Crippen molar-refractivity contribution in [1.82, 2.24) is 15.5 Å². The van der Waals surface area contributed by atoms with Crippen LogP contribution in [-0.4, -0.2) is 77.1 Å². The number of unbranched alkanes of at least 4 members (excludes halogenated alkanes) is 2. The SMILES string of the molecule is C[C@H](CC(=O)[C@H](C)NC(=O)[C@H](C)CC(=O)CCCCCN1C(=O)C=CC1=O)C(=O)NCOCC(=O)O. The lowest BCUT2D eigenvalue weighted by atomic mass is 9.98. The Bertz CT molecular complexity index is 866. The molecule has 3 atom stereocenters. The number of ether oxygens (including phenoxy) is 1. The van der Waals surface area contributed by atoms with Crippen LogP contribution in [0.25, 0.3) is 0 Å². The fourth-order valence-electron chi connectivity index (χ4n) is 3.40. The molecule has 0 aromatic carbocycles. The quantitative estimate of drug-likeness (QED) is 0.134. The van der Waals surface area contributed by atoms with Crippen LogP contribution in [0.2, 0.25) is 0 Å². The Morgan fingerprint density at radius 2 is 1.53 bits per heavy atom. The molecule has 0 aromatic heterocycles. The van der Waals surface area contributed by atoms with Gasteiger partial charge in [-0.05, 0) is 19.8 Å². The number of Topliss-reactive ketones (excluding diaryl/α,β-unsaturated/α-hetero) is 2. The number of carboxylic acid groups (broad SMARTS) is 1. The maximum atomic E-state index is 12.4. The topological polar surface area (TPSA) is 176 Å². The number of nitrogens with one attached hydrogen (secondary N) is 2. The Hall–Kier alpha value is -3.41. The number of ketones is 2. The molecule has 200 valence electrons. The lowest BCUT2D eigenvalue weighted by molar-refractivity contribution is -0.143. The number of nitrogens with zero attached hydrogens (tertiary/aromatic N) is 1. The molecule has 3 N–H and O–H groups in total. The van der Waals surface area contributed by atoms with Gasteiger partial charge in [0.25, 0.3) is 11.8 Å². The molecule has 1 aliphatic rings. The summed E-state index contributed by atoms with van der Waals surface area (Å²) in [4.78, 5) is 83.4. The molecule has 0 fully saturated rings. The van der Waals surface area contributed by atoms with Crippen LogP contribution in [0.4, 0.5) is 0 Å². The number of hydrogen-bond donors (Lipinski definition) is 3. The normalized spacial score (nSPS) is 15.4. The molecule has 0 saturated carbocycles. The molecule has 36 heavy (non-hydrogen) atoms. The Morgan fingerprint density at radius 1 is 0.917 bits per heavy atom. The lowest BCUT2D eigenvalue weighted by Crippen LogP contribution is -2.43. The molecule has 4 amide bonds. The van der Waals surface area contributed by atoms with Crippen LogP contribution < -0.4 is 10.6 Å². The second kappa shape index (κ2) is 15.6. The zero-order chi connectivity index (χ0) is 27.3. The van der Waals surface area contributed by atoms with E-state index in [-0.39, 0.29) is 49.4 Å². The van der Waals surface area contributed by atoms with E-state index < -0.39 is 42.3 Å². The highest BCUT2D eigenvalue weighted by molar-refractivity contribution is 6.12. The molecular weight excluding hydrogens is 474 g/mol. The van der Waals surface area contributed by atoms with Gasteiger partial charge in [0.05, 0.1) is 6.04 Å². The van der Waals surface area contributed by atoms with E-state index in [0.29, 0.717) is 25.8 Å². The molecule has 0 aromatic rings. The van der Waals surface area contributed by atoms with Gasteiger partial charge in [0.1, 0.15) is 19.1 Å². The zero-order valence-corrected chi connectivity index (χ0v) is 20.9. The first-order chi connectivity index (χ1) is 16.9. The van der Waals surface area contributed by atoms with Gasteiger partial charge in [0, 0.05) is 49.8 Å². The van der Waals surface area contributed by atoms with Crippen molar-refractivity contribution in [2.24, 2.45) is 11.8 Å². The fraction of sp³-hybridized carbons (Fsp3) is 0.625. The minimum Gasteiger partial charge on any atom is -0.480 e. The van der Waals surface area contributed by atoms with Crippen LogP contribution in [-0.2, 0) is 38.3 Å². The van der Waals surface area contributed by atoms with Gasteiger partial charge in [-0.3, -0.25) is 33.7 Å². The monoisotopic (exact) mass is 509 g/mol. The minimum absolute atomic E-state index is 0.0227. The van der Waals surface area contributed by atoms with E-state index in [2.05, 4.69) is 10.6 Å². The van der Waals surface area contributed by atoms with E-state index in [1.54, 1.807) is 6.92 Å². The van der Waals surface area contributed by atoms with Crippen LogP contribution in [0.1, 0.15) is 59.3 Å². The molecule has 12 nitrogen and oxygen atoms in total. The molecular formula is C24H35N3O9. The Morgan fingerprint density at radius 3 is 2.14 bits per heavy atom. The molecule has 1 aliphatic heterocycles. The highest BCUT2D eigenvalue weighted by Crippen LogP contribution is 2.12. The van der Waals surface area contributed by atoms with Crippen molar-refractivity contribution in [1.29, 1.82) is 0 Å². The molecule has 0 bridgehead atoms. The third-order valence-electron chi connectivity index (χ3n) is 5.59. The van der Waals surface area contributed by atoms with Crippen molar-refractivity contribution >= 4 is 41.2 Å². The van der Waals surface area contributed by atoms with E-state index >= 15 is 0 Å². The third kappa shape index (κ3) is 11.3. The summed E-state index contributed by atoms with van der Waals surface area (Å²) < 4.78 is 4.71. The maximum Gasteiger partial charge on any atom is 0.329 e. The van der Waals surface area contributed by atoms with Crippen LogP contribution >= 0.6 is 0 Å². The minimum atomic E-state index is -1.17. The summed E-state index contributed by atoms with van der Waals surface area (Å²) in [6, 6.07) is -0.848. The van der Waals surface area contributed by atoms with Gasteiger partial charge >= 0.3 is 5.97 Å². The van der Waals surface area contributed by atoms with Crippen molar-refractivity contribution in [3.63, 3.8) is 0 Å². The van der Waals surface area contributed by atoms with Crippen molar-refractivity contribution in [2.45, 2.75) is 65.3 Å². The summed E-state index contributed by atoms with van der Waals surface area (Å²) in [6.45, 7) is 4.07. The number of amides is 4. The number of hydrogen-bond acceptors (Lipinski definition) is 8. The number of aliphatic carboxylic acids is 1. The van der Waals surface area contributed by atoms with Crippen LogP contribution in [0.5, 0.6) is 0 Å². The smallest absolute Gasteiger partial charge is 0.329 e. The molecule has 0 radical (unpaired) electrons. The van der Waals surface area contributed by atoms with E-state index in [1.165, 1.54) is 26.0 Å². The number of rotatable bonds is 18. The largest absolute Gasteiger partial charge is 0.480 e. The van der Waals surface area contributed by atoms with Crippen LogP contribution in [0.15, 0.2) is 12.2 Å². The molecule has 0 unspecified atom stereocenters. The van der Waals surface area contributed by atoms with Crippen molar-refractivity contribution in [3.8, 4) is 0 Å². The number of carbonyl (C=O) groups excluding carboxylic acids is 6. The van der Waals surface area contributed by atoms with Gasteiger partial charge in [-0.2, -0.15) is 0 Å². The average molecular weight is 510 g/mol. The van der Waals surface area contributed by atoms with E-state index in [1.807, 2.05) is 0 Å². The lowest BCUT2D eigenvalue weighted by Gasteiger charge is -2.18. The van der Waals surface area contributed by atoms with Crippen molar-refractivity contribution < 1.29 is 43.4 Å². The van der Waals surface area contributed by atoms with Gasteiger partial charge in [-0.1, -0.05) is 20.3 Å². The number of carboxylic acids is 1. The fourth-order valence-corrected chi connectivity index (χ4v) is 3.40. The summed E-state index contributed by atoms with van der Waals surface area (Å²) >= 11 is 0. The van der Waals surface area contributed by atoms with Crippen LogP contribution in [0.3, 0.4) is 0 Å². The van der Waals surface area contributed by atoms with Crippen LogP contribution in [0, 0.1) is 11.8 Å². The highest BCUT2D eigenvalue weighted by atomic mass is 16.5. The molecule has 0 aliphatic carbocycles. The summed E-state index contributed by atoms with van der Waals surface area (Å²) in [6.07, 6.45) is 4.45. The van der Waals surface area contributed by atoms with Gasteiger partial charge < -0.3 is 20.5 Å². The van der Waals surface area contributed by atoms with Gasteiger partial charge in [-0.15, -0.1) is 0 Å². The van der Waals surface area contributed by atoms with Gasteiger partial charge in [-0.25, -0.2) is 4.79 Å². The highest BCUT2D eigenvalue weighted by Gasteiger charge is 2.25. The molecule has 1 rings (SSSR count). The predicted molar refractivity (Wildman–Crippen MR) is 126 cm³/mol. The second-order valence-corrected chi connectivity index (χ2v) is 8.85. The number of carbonyl (C=O) groups is 7. The standard InChI is InChI=1S/C24H35N3O9/c1-15(11-18(28)7-5-4-6-10-27-20(30)8-9-21(27)31)24(35)26-17(3)19(29)12-16(2)23(34)25-14-36-13-22(32)33/h8-9,15-17H,4-7,10-14H2,1-3H3,(H,25,34)(H,26,35)(H,32,33)/t15-,16-,17+/m1/s1. The molecule has 12 heteroatoms. The summed E-state index contributed by atoms with van der Waals surface area (Å²) in [5.41, 5.74) is 0. The molecule has 1 heterocycles. The van der Waals surface area contributed by atoms with Gasteiger partial charge in [0.2, 0.25) is 11.8 Å². The first-order valence-electron chi connectivity index (χ1n) is 11.9. The van der Waals surface area contributed by atoms with E-state index in [4.69, 9.17) is 9.84 Å². The first kappa shape index (κ1) is 30.6. The zero-order valence-electron chi connectivity index (χ0n) is 20.9. The summed E-state index contributed by atoms with van der Waals surface area (Å²) in [5, 5.41) is 13.4. The predicted octanol–water partition coefficient (Wildman–Crippen LogP) is 0.342. The third-order valence-corrected chi connectivity index (χ3v) is 5.59. The Kier molecular flexibility index (Phi) is 13.2. The summed E-state index contributed by atoms with van der Waals surface area (Å²) in [7, 11) is 0. The van der Waals surface area contributed by atoms with Crippen molar-refractivity contribution in [2.75, 3.05) is 19.9 Å². The molecule has 0 saturated heterocycles. The summed E-state index contributed by atoms with van der Waals surface area (Å²) in [5.74, 6) is -4.55. The van der Waals surface area contributed by atoms with E-state index in [0.717, 1.165) is 4.90 Å². The Labute approximate surface area is 209 Å². The Balaban J connectivity index is 2.26. The second-order valence-electron chi connectivity index (χ2n) is 8.85.